The van der Waals surface area contributed by atoms with Gasteiger partial charge in [-0.1, -0.05) is 6.07 Å². The summed E-state index contributed by atoms with van der Waals surface area (Å²) in [5, 5.41) is 12.8. The Hall–Kier alpha value is -3.27. The standard InChI is InChI=1S/C14H10N4O5S/c15-13(19)9-4-8(18(21)22)6-17(14(9)20)7-12-16-5-10(23-12)11-2-1-3-24-11/h1-6H,7H2,(H2,15,19). The zero-order valence-electron chi connectivity index (χ0n) is 12.0. The minimum absolute atomic E-state index is 0.161. The molecule has 0 aliphatic rings. The third-order valence-electron chi connectivity index (χ3n) is 3.17. The molecule has 0 atom stereocenters. The molecular weight excluding hydrogens is 336 g/mol. The van der Waals surface area contributed by atoms with E-state index in [9.17, 15) is 19.7 Å². The number of nitro groups is 1. The molecule has 0 aliphatic carbocycles. The number of aromatic nitrogens is 2. The van der Waals surface area contributed by atoms with Crippen LogP contribution in [0.1, 0.15) is 16.2 Å². The first-order valence-electron chi connectivity index (χ1n) is 6.63. The number of thiophene rings is 1. The smallest absolute Gasteiger partial charge is 0.286 e. The van der Waals surface area contributed by atoms with Crippen molar-refractivity contribution in [3.8, 4) is 10.6 Å². The molecule has 0 aliphatic heterocycles. The summed E-state index contributed by atoms with van der Waals surface area (Å²) < 4.78 is 6.52. The van der Waals surface area contributed by atoms with Gasteiger partial charge in [0.15, 0.2) is 5.76 Å². The van der Waals surface area contributed by atoms with Gasteiger partial charge in [0.1, 0.15) is 12.1 Å². The average Bonchev–Trinajstić information content (AvgIpc) is 3.19. The van der Waals surface area contributed by atoms with Crippen LogP contribution in [0.4, 0.5) is 5.69 Å². The summed E-state index contributed by atoms with van der Waals surface area (Å²) in [4.78, 5) is 38.7. The van der Waals surface area contributed by atoms with Gasteiger partial charge in [-0.2, -0.15) is 0 Å². The van der Waals surface area contributed by atoms with Gasteiger partial charge in [0, 0.05) is 6.07 Å². The highest BCUT2D eigenvalue weighted by Crippen LogP contribution is 2.25. The summed E-state index contributed by atoms with van der Waals surface area (Å²) in [7, 11) is 0. The maximum Gasteiger partial charge on any atom is 0.286 e. The van der Waals surface area contributed by atoms with Crippen molar-refractivity contribution in [3.63, 3.8) is 0 Å². The van der Waals surface area contributed by atoms with E-state index in [-0.39, 0.29) is 12.4 Å². The van der Waals surface area contributed by atoms with Crippen molar-refractivity contribution in [2.45, 2.75) is 6.54 Å². The van der Waals surface area contributed by atoms with E-state index in [4.69, 9.17) is 10.2 Å². The summed E-state index contributed by atoms with van der Waals surface area (Å²) >= 11 is 1.46. The van der Waals surface area contributed by atoms with Crippen molar-refractivity contribution in [2.24, 2.45) is 5.73 Å². The lowest BCUT2D eigenvalue weighted by Crippen LogP contribution is -2.30. The summed E-state index contributed by atoms with van der Waals surface area (Å²) in [6.07, 6.45) is 2.52. The number of pyridine rings is 1. The van der Waals surface area contributed by atoms with E-state index in [1.54, 1.807) is 0 Å². The number of amides is 1. The molecule has 0 saturated carbocycles. The Labute approximate surface area is 138 Å². The van der Waals surface area contributed by atoms with E-state index in [1.807, 2.05) is 17.5 Å². The molecule has 3 heterocycles. The molecule has 3 aromatic heterocycles. The Balaban J connectivity index is 1.99. The highest BCUT2D eigenvalue weighted by atomic mass is 32.1. The zero-order valence-corrected chi connectivity index (χ0v) is 12.9. The van der Waals surface area contributed by atoms with Crippen LogP contribution in [-0.2, 0) is 6.54 Å². The monoisotopic (exact) mass is 346 g/mol. The highest BCUT2D eigenvalue weighted by Gasteiger charge is 2.18. The van der Waals surface area contributed by atoms with Crippen molar-refractivity contribution in [1.82, 2.24) is 9.55 Å². The number of rotatable bonds is 5. The lowest BCUT2D eigenvalue weighted by Gasteiger charge is -2.04. The molecule has 0 spiro atoms. The second kappa shape index (κ2) is 6.08. The Bertz CT molecular complexity index is 973. The molecule has 0 fully saturated rings. The maximum atomic E-state index is 12.2. The van der Waals surface area contributed by atoms with Crippen molar-refractivity contribution in [2.75, 3.05) is 0 Å². The molecule has 0 saturated heterocycles. The van der Waals surface area contributed by atoms with Crippen LogP contribution in [0.2, 0.25) is 0 Å². The van der Waals surface area contributed by atoms with Crippen molar-refractivity contribution in [3.05, 3.63) is 67.9 Å². The fraction of sp³-hybridized carbons (Fsp3) is 0.0714. The molecule has 10 heteroatoms. The van der Waals surface area contributed by atoms with Gasteiger partial charge in [-0.15, -0.1) is 11.3 Å². The van der Waals surface area contributed by atoms with Crippen LogP contribution in [0, 0.1) is 10.1 Å². The molecule has 24 heavy (non-hydrogen) atoms. The molecular formula is C14H10N4O5S. The Morgan fingerprint density at radius 3 is 2.92 bits per heavy atom. The molecule has 2 N–H and O–H groups in total. The fourth-order valence-electron chi connectivity index (χ4n) is 2.08. The van der Waals surface area contributed by atoms with E-state index >= 15 is 0 Å². The van der Waals surface area contributed by atoms with E-state index < -0.39 is 27.6 Å². The predicted molar refractivity (Wildman–Crippen MR) is 84.8 cm³/mol. The number of carbonyl (C=O) groups is 1. The Morgan fingerprint density at radius 1 is 1.50 bits per heavy atom. The number of nitrogens with two attached hydrogens (primary N) is 1. The normalized spacial score (nSPS) is 10.7. The van der Waals surface area contributed by atoms with Crippen LogP contribution in [-0.4, -0.2) is 20.4 Å². The maximum absolute atomic E-state index is 12.2. The van der Waals surface area contributed by atoms with Gasteiger partial charge in [0.2, 0.25) is 5.89 Å². The Morgan fingerprint density at radius 2 is 2.29 bits per heavy atom. The summed E-state index contributed by atoms with van der Waals surface area (Å²) in [6, 6.07) is 4.56. The number of hydrogen-bond donors (Lipinski definition) is 1. The minimum Gasteiger partial charge on any atom is -0.438 e. The Kier molecular flexibility index (Phi) is 3.96. The summed E-state index contributed by atoms with van der Waals surface area (Å²) in [6.45, 7) is -0.161. The van der Waals surface area contributed by atoms with Gasteiger partial charge in [-0.25, -0.2) is 4.98 Å². The van der Waals surface area contributed by atoms with E-state index in [0.29, 0.717) is 5.76 Å². The van der Waals surface area contributed by atoms with Gasteiger partial charge >= 0.3 is 0 Å². The fourth-order valence-corrected chi connectivity index (χ4v) is 2.75. The SMILES string of the molecule is NC(=O)c1cc([N+](=O)[O-])cn(Cc2ncc(-c3cccs3)o2)c1=O. The lowest BCUT2D eigenvalue weighted by molar-refractivity contribution is -0.385. The molecule has 3 rings (SSSR count). The van der Waals surface area contributed by atoms with Gasteiger partial charge in [0.25, 0.3) is 17.2 Å². The molecule has 0 bridgehead atoms. The van der Waals surface area contributed by atoms with Crippen LogP contribution < -0.4 is 11.3 Å². The lowest BCUT2D eigenvalue weighted by atomic mass is 10.2. The van der Waals surface area contributed by atoms with Crippen LogP contribution in [0.5, 0.6) is 0 Å². The van der Waals surface area contributed by atoms with E-state index in [1.165, 1.54) is 17.5 Å². The second-order valence-corrected chi connectivity index (χ2v) is 5.71. The molecule has 0 radical (unpaired) electrons. The first kappa shape index (κ1) is 15.6. The van der Waals surface area contributed by atoms with Crippen LogP contribution in [0.15, 0.2) is 45.2 Å². The number of oxazole rings is 1. The van der Waals surface area contributed by atoms with Crippen molar-refractivity contribution < 1.29 is 14.1 Å². The highest BCUT2D eigenvalue weighted by molar-refractivity contribution is 7.13. The third-order valence-corrected chi connectivity index (χ3v) is 4.06. The summed E-state index contributed by atoms with van der Waals surface area (Å²) in [5.41, 5.74) is 3.47. The van der Waals surface area contributed by atoms with Gasteiger partial charge < -0.3 is 10.2 Å². The predicted octanol–water partition coefficient (Wildman–Crippen LogP) is 1.62. The first-order chi connectivity index (χ1) is 11.5. The number of primary amides is 1. The van der Waals surface area contributed by atoms with Crippen LogP contribution in [0.3, 0.4) is 0 Å². The van der Waals surface area contributed by atoms with Crippen molar-refractivity contribution >= 4 is 22.9 Å². The van der Waals surface area contributed by atoms with E-state index in [2.05, 4.69) is 4.98 Å². The molecule has 122 valence electrons. The minimum atomic E-state index is -1.04. The zero-order chi connectivity index (χ0) is 17.3. The number of hydrogen-bond acceptors (Lipinski definition) is 7. The average molecular weight is 346 g/mol. The van der Waals surface area contributed by atoms with Gasteiger partial charge in [-0.05, 0) is 11.4 Å². The molecule has 3 aromatic rings. The third kappa shape index (κ3) is 2.94. The topological polar surface area (TPSA) is 134 Å². The van der Waals surface area contributed by atoms with E-state index in [0.717, 1.165) is 21.7 Å². The van der Waals surface area contributed by atoms with Crippen molar-refractivity contribution in [1.29, 1.82) is 0 Å². The van der Waals surface area contributed by atoms with Crippen LogP contribution in [0.25, 0.3) is 10.6 Å². The second-order valence-electron chi connectivity index (χ2n) is 4.76. The molecule has 0 unspecified atom stereocenters. The van der Waals surface area contributed by atoms with Gasteiger partial charge in [-0.3, -0.25) is 24.3 Å². The molecule has 0 aromatic carbocycles. The molecule has 9 nitrogen and oxygen atoms in total. The quantitative estimate of drug-likeness (QED) is 0.551. The number of carbonyl (C=O) groups excluding carboxylic acids is 1. The number of nitrogens with zero attached hydrogens (tertiary/aromatic N) is 3. The molecule has 1 amide bonds. The van der Waals surface area contributed by atoms with Gasteiger partial charge in [0.05, 0.1) is 22.2 Å². The summed E-state index contributed by atoms with van der Waals surface area (Å²) in [5.74, 6) is -0.339. The largest absolute Gasteiger partial charge is 0.438 e. The first-order valence-corrected chi connectivity index (χ1v) is 7.51. The van der Waals surface area contributed by atoms with Crippen LogP contribution >= 0.6 is 11.3 Å².